The van der Waals surface area contributed by atoms with Crippen LogP contribution >= 0.6 is 0 Å². The van der Waals surface area contributed by atoms with Crippen LogP contribution < -0.4 is 10.1 Å². The van der Waals surface area contributed by atoms with Crippen LogP contribution in [0.2, 0.25) is 0 Å². The highest BCUT2D eigenvalue weighted by Crippen LogP contribution is 2.35. The number of carbonyl (C=O) groups excluding carboxylic acids is 1. The van der Waals surface area contributed by atoms with Gasteiger partial charge in [-0.3, -0.25) is 4.79 Å². The van der Waals surface area contributed by atoms with Gasteiger partial charge in [-0.1, -0.05) is 18.2 Å². The van der Waals surface area contributed by atoms with Crippen LogP contribution in [-0.2, 0) is 21.2 Å². The molecule has 0 aliphatic carbocycles. The van der Waals surface area contributed by atoms with Gasteiger partial charge in [-0.25, -0.2) is 8.42 Å². The Hall–Kier alpha value is -1.64. The van der Waals surface area contributed by atoms with E-state index in [1.54, 1.807) is 0 Å². The highest BCUT2D eigenvalue weighted by Gasteiger charge is 2.41. The first-order chi connectivity index (χ1) is 13.3. The van der Waals surface area contributed by atoms with Gasteiger partial charge in [0, 0.05) is 44.1 Å². The van der Waals surface area contributed by atoms with Gasteiger partial charge in [-0.15, -0.1) is 0 Å². The molecule has 1 aromatic carbocycles. The first-order valence-electron chi connectivity index (χ1n) is 10.0. The zero-order valence-corrected chi connectivity index (χ0v) is 17.2. The lowest BCUT2D eigenvalue weighted by molar-refractivity contribution is -0.134. The number of hydrogen-bond acceptors (Lipinski definition) is 6. The zero-order chi connectivity index (χ0) is 19.8. The Balaban J connectivity index is 1.48. The van der Waals surface area contributed by atoms with E-state index in [2.05, 4.69) is 17.3 Å². The first-order valence-corrected chi connectivity index (χ1v) is 11.8. The average Bonchev–Trinajstić information content (AvgIpc) is 2.93. The zero-order valence-electron chi connectivity index (χ0n) is 16.4. The summed E-state index contributed by atoms with van der Waals surface area (Å²) in [5.41, 5.74) is 0.668. The molecule has 4 rings (SSSR count). The molecule has 3 aliphatic rings. The third-order valence-electron chi connectivity index (χ3n) is 6.16. The number of likely N-dealkylation sites (tertiary alicyclic amines) is 1. The molecule has 2 fully saturated rings. The maximum atomic E-state index is 13.0. The summed E-state index contributed by atoms with van der Waals surface area (Å²) < 4.78 is 29.8. The molecule has 1 amide bonds. The van der Waals surface area contributed by atoms with Crippen LogP contribution in [0.5, 0.6) is 5.75 Å². The summed E-state index contributed by atoms with van der Waals surface area (Å²) in [6.07, 6.45) is 2.35. The fourth-order valence-corrected chi connectivity index (χ4v) is 6.08. The third-order valence-corrected chi connectivity index (χ3v) is 7.93. The maximum absolute atomic E-state index is 13.0. The number of rotatable bonds is 3. The molecule has 3 aliphatic heterocycles. The topological polar surface area (TPSA) is 79.0 Å². The van der Waals surface area contributed by atoms with Crippen LogP contribution in [0.15, 0.2) is 24.3 Å². The molecule has 0 saturated carbocycles. The Morgan fingerprint density at radius 3 is 2.75 bits per heavy atom. The van der Waals surface area contributed by atoms with Gasteiger partial charge in [0.25, 0.3) is 0 Å². The number of ether oxygens (including phenoxy) is 1. The molecule has 2 saturated heterocycles. The number of nitrogens with one attached hydrogen (secondary N) is 1. The molecule has 0 radical (unpaired) electrons. The van der Waals surface area contributed by atoms with Gasteiger partial charge in [0.05, 0.1) is 24.6 Å². The van der Waals surface area contributed by atoms with Crippen molar-refractivity contribution in [3.8, 4) is 5.75 Å². The highest BCUT2D eigenvalue weighted by atomic mass is 32.2. The molecule has 154 valence electrons. The highest BCUT2D eigenvalue weighted by molar-refractivity contribution is 7.91. The lowest BCUT2D eigenvalue weighted by Crippen LogP contribution is -2.54. The molecule has 0 aromatic heterocycles. The third kappa shape index (κ3) is 4.34. The van der Waals surface area contributed by atoms with Crippen molar-refractivity contribution in [2.45, 2.75) is 37.5 Å². The Labute approximate surface area is 166 Å². The number of sulfone groups is 1. The smallest absolute Gasteiger partial charge is 0.236 e. The summed E-state index contributed by atoms with van der Waals surface area (Å²) >= 11 is 0. The number of para-hydroxylation sites is 1. The van der Waals surface area contributed by atoms with Crippen LogP contribution in [0.1, 0.15) is 24.8 Å². The van der Waals surface area contributed by atoms with Gasteiger partial charge in [-0.05, 0) is 19.5 Å². The minimum atomic E-state index is -2.95. The minimum Gasteiger partial charge on any atom is -0.485 e. The average molecular weight is 408 g/mol. The predicted octanol–water partition coefficient (Wildman–Crippen LogP) is 0.649. The van der Waals surface area contributed by atoms with Gasteiger partial charge in [0.15, 0.2) is 9.84 Å². The summed E-state index contributed by atoms with van der Waals surface area (Å²) in [7, 11) is -0.842. The maximum Gasteiger partial charge on any atom is 0.236 e. The molecule has 1 aromatic rings. The van der Waals surface area contributed by atoms with Crippen LogP contribution in [0.3, 0.4) is 0 Å². The van der Waals surface area contributed by atoms with Gasteiger partial charge >= 0.3 is 0 Å². The Bertz CT molecular complexity index is 834. The predicted molar refractivity (Wildman–Crippen MR) is 107 cm³/mol. The van der Waals surface area contributed by atoms with Crippen molar-refractivity contribution in [3.05, 3.63) is 29.8 Å². The number of carbonyl (C=O) groups is 1. The SMILES string of the molecule is CN1CCC2(CC1)CN(C(=O)CNC1CCS(=O)(=O)C1)Cc1ccccc1O2. The lowest BCUT2D eigenvalue weighted by Gasteiger charge is -2.41. The van der Waals surface area contributed by atoms with E-state index in [4.69, 9.17) is 4.74 Å². The van der Waals surface area contributed by atoms with Crippen molar-refractivity contribution in [1.29, 1.82) is 0 Å². The largest absolute Gasteiger partial charge is 0.485 e. The molecule has 7 nitrogen and oxygen atoms in total. The normalized spacial score (nSPS) is 26.5. The molecule has 28 heavy (non-hydrogen) atoms. The van der Waals surface area contributed by atoms with E-state index >= 15 is 0 Å². The van der Waals surface area contributed by atoms with Crippen LogP contribution in [-0.4, -0.2) is 80.5 Å². The summed E-state index contributed by atoms with van der Waals surface area (Å²) in [6, 6.07) is 7.83. The number of piperidine rings is 1. The van der Waals surface area contributed by atoms with Crippen molar-refractivity contribution >= 4 is 15.7 Å². The van der Waals surface area contributed by atoms with Crippen molar-refractivity contribution < 1.29 is 17.9 Å². The molecule has 1 unspecified atom stereocenters. The number of benzene rings is 1. The van der Waals surface area contributed by atoms with E-state index in [-0.39, 0.29) is 35.6 Å². The van der Waals surface area contributed by atoms with Crippen molar-refractivity contribution in [3.63, 3.8) is 0 Å². The molecule has 1 atom stereocenters. The second-order valence-corrected chi connectivity index (χ2v) is 10.7. The fourth-order valence-electron chi connectivity index (χ4n) is 4.37. The van der Waals surface area contributed by atoms with E-state index < -0.39 is 9.84 Å². The number of nitrogens with zero attached hydrogens (tertiary/aromatic N) is 2. The molecular weight excluding hydrogens is 378 g/mol. The van der Waals surface area contributed by atoms with Crippen molar-refractivity contribution in [2.75, 3.05) is 44.7 Å². The van der Waals surface area contributed by atoms with Gasteiger partial charge in [0.2, 0.25) is 5.91 Å². The molecule has 1 N–H and O–H groups in total. The molecular formula is C20H29N3O4S. The summed E-state index contributed by atoms with van der Waals surface area (Å²) in [6.45, 7) is 3.15. The quantitative estimate of drug-likeness (QED) is 0.793. The van der Waals surface area contributed by atoms with Crippen molar-refractivity contribution in [1.82, 2.24) is 15.1 Å². The van der Waals surface area contributed by atoms with E-state index in [0.717, 1.165) is 37.2 Å². The van der Waals surface area contributed by atoms with Crippen molar-refractivity contribution in [2.24, 2.45) is 0 Å². The van der Waals surface area contributed by atoms with Crippen LogP contribution in [0.25, 0.3) is 0 Å². The summed E-state index contributed by atoms with van der Waals surface area (Å²) in [5, 5.41) is 3.16. The molecule has 8 heteroatoms. The monoisotopic (exact) mass is 407 g/mol. The summed E-state index contributed by atoms with van der Waals surface area (Å²) in [5.74, 6) is 1.21. The Morgan fingerprint density at radius 2 is 2.04 bits per heavy atom. The van der Waals surface area contributed by atoms with E-state index in [1.165, 1.54) is 0 Å². The number of hydrogen-bond donors (Lipinski definition) is 1. The van der Waals surface area contributed by atoms with Gasteiger partial charge in [0.1, 0.15) is 11.4 Å². The second kappa shape index (κ2) is 7.65. The second-order valence-electron chi connectivity index (χ2n) is 8.43. The van der Waals surface area contributed by atoms with E-state index in [1.807, 2.05) is 29.2 Å². The number of amides is 1. The Morgan fingerprint density at radius 1 is 1.29 bits per heavy atom. The lowest BCUT2D eigenvalue weighted by atomic mass is 9.90. The van der Waals surface area contributed by atoms with E-state index in [9.17, 15) is 13.2 Å². The number of fused-ring (bicyclic) bond motifs is 1. The van der Waals surface area contributed by atoms with Crippen LogP contribution in [0.4, 0.5) is 0 Å². The standard InChI is InChI=1S/C20H29N3O4S/c1-22-9-7-20(8-10-22)15-23(13-16-4-2-3-5-18(16)27-20)19(24)12-21-17-6-11-28(25,26)14-17/h2-5,17,21H,6-15H2,1H3. The first kappa shape index (κ1) is 19.7. The van der Waals surface area contributed by atoms with Gasteiger partial charge in [-0.2, -0.15) is 0 Å². The molecule has 3 heterocycles. The minimum absolute atomic E-state index is 0.00269. The summed E-state index contributed by atoms with van der Waals surface area (Å²) in [4.78, 5) is 17.2. The molecule has 1 spiro atoms. The van der Waals surface area contributed by atoms with Crippen LogP contribution in [0, 0.1) is 0 Å². The van der Waals surface area contributed by atoms with Gasteiger partial charge < -0.3 is 19.9 Å². The Kier molecular flexibility index (Phi) is 5.37. The molecule has 0 bridgehead atoms. The van der Waals surface area contributed by atoms with E-state index in [0.29, 0.717) is 19.5 Å². The fraction of sp³-hybridized carbons (Fsp3) is 0.650.